The SMILES string of the molecule is CC(C)NC(=O)CCOCC(COCCC(N)=O)NC=O. The molecule has 0 spiro atoms. The number of carbonyl (C=O) groups excluding carboxylic acids is 3. The minimum absolute atomic E-state index is 0.0809. The number of hydrogen-bond donors (Lipinski definition) is 3. The fourth-order valence-corrected chi connectivity index (χ4v) is 1.42. The summed E-state index contributed by atoms with van der Waals surface area (Å²) in [6.45, 7) is 4.66. The third-order valence-electron chi connectivity index (χ3n) is 2.36. The Hall–Kier alpha value is -1.67. The summed E-state index contributed by atoms with van der Waals surface area (Å²) in [5.74, 6) is -0.523. The molecule has 1 atom stereocenters. The largest absolute Gasteiger partial charge is 0.379 e. The lowest BCUT2D eigenvalue weighted by Gasteiger charge is -2.16. The lowest BCUT2D eigenvalue weighted by molar-refractivity contribution is -0.123. The fraction of sp³-hybridized carbons (Fsp3) is 0.769. The quantitative estimate of drug-likeness (QED) is 0.295. The molecule has 0 aliphatic heterocycles. The van der Waals surface area contributed by atoms with Crippen LogP contribution in [-0.4, -0.2) is 56.7 Å². The van der Waals surface area contributed by atoms with Crippen molar-refractivity contribution in [3.05, 3.63) is 0 Å². The Labute approximate surface area is 124 Å². The van der Waals surface area contributed by atoms with E-state index in [4.69, 9.17) is 15.2 Å². The highest BCUT2D eigenvalue weighted by Crippen LogP contribution is 1.92. The monoisotopic (exact) mass is 303 g/mol. The van der Waals surface area contributed by atoms with E-state index < -0.39 is 5.91 Å². The Morgan fingerprint density at radius 3 is 2.19 bits per heavy atom. The topological polar surface area (TPSA) is 120 Å². The average molecular weight is 303 g/mol. The molecule has 0 saturated heterocycles. The normalized spacial score (nSPS) is 12.0. The summed E-state index contributed by atoms with van der Waals surface area (Å²) in [5.41, 5.74) is 4.98. The van der Waals surface area contributed by atoms with Gasteiger partial charge in [-0.05, 0) is 13.8 Å². The van der Waals surface area contributed by atoms with Gasteiger partial charge in [-0.3, -0.25) is 14.4 Å². The molecule has 0 radical (unpaired) electrons. The van der Waals surface area contributed by atoms with Crippen LogP contribution in [0.2, 0.25) is 0 Å². The molecule has 0 rings (SSSR count). The van der Waals surface area contributed by atoms with E-state index in [1.807, 2.05) is 13.8 Å². The van der Waals surface area contributed by atoms with Gasteiger partial charge in [-0.25, -0.2) is 0 Å². The molecule has 0 saturated carbocycles. The van der Waals surface area contributed by atoms with Crippen LogP contribution in [0.5, 0.6) is 0 Å². The summed E-state index contributed by atoms with van der Waals surface area (Å²) in [4.78, 5) is 32.4. The Morgan fingerprint density at radius 2 is 1.71 bits per heavy atom. The molecule has 1 unspecified atom stereocenters. The van der Waals surface area contributed by atoms with Gasteiger partial charge in [-0.1, -0.05) is 0 Å². The van der Waals surface area contributed by atoms with Gasteiger partial charge in [0, 0.05) is 18.9 Å². The molecule has 0 aromatic carbocycles. The number of nitrogens with one attached hydrogen (secondary N) is 2. The van der Waals surface area contributed by atoms with Crippen LogP contribution in [-0.2, 0) is 23.9 Å². The first-order chi connectivity index (χ1) is 9.95. The van der Waals surface area contributed by atoms with Crippen molar-refractivity contribution in [2.45, 2.75) is 38.8 Å². The molecule has 21 heavy (non-hydrogen) atoms. The first kappa shape index (κ1) is 19.3. The van der Waals surface area contributed by atoms with Gasteiger partial charge in [0.05, 0.1) is 32.5 Å². The molecule has 122 valence electrons. The summed E-state index contributed by atoms with van der Waals surface area (Å²) in [5, 5.41) is 5.29. The fourth-order valence-electron chi connectivity index (χ4n) is 1.42. The summed E-state index contributed by atoms with van der Waals surface area (Å²) in [6, 6.07) is -0.232. The molecule has 0 aliphatic rings. The van der Waals surface area contributed by atoms with Gasteiger partial charge in [-0.2, -0.15) is 0 Å². The highest BCUT2D eigenvalue weighted by Gasteiger charge is 2.09. The van der Waals surface area contributed by atoms with Gasteiger partial charge < -0.3 is 25.8 Å². The van der Waals surface area contributed by atoms with E-state index in [1.165, 1.54) is 0 Å². The third kappa shape index (κ3) is 13.1. The zero-order chi connectivity index (χ0) is 16.1. The summed E-state index contributed by atoms with van der Waals surface area (Å²) >= 11 is 0. The number of amides is 3. The number of hydrogen-bond acceptors (Lipinski definition) is 5. The predicted molar refractivity (Wildman–Crippen MR) is 76.3 cm³/mol. The Kier molecular flexibility index (Phi) is 11.1. The van der Waals surface area contributed by atoms with Gasteiger partial charge in [0.2, 0.25) is 18.2 Å². The number of carbonyl (C=O) groups is 3. The number of nitrogens with two attached hydrogens (primary N) is 1. The molecule has 0 aliphatic carbocycles. The number of ether oxygens (including phenoxy) is 2. The molecule has 0 fully saturated rings. The van der Waals surface area contributed by atoms with Crippen LogP contribution in [0.25, 0.3) is 0 Å². The van der Waals surface area contributed by atoms with Crippen LogP contribution in [0.15, 0.2) is 0 Å². The maximum absolute atomic E-state index is 11.4. The van der Waals surface area contributed by atoms with Gasteiger partial charge >= 0.3 is 0 Å². The second-order valence-corrected chi connectivity index (χ2v) is 4.82. The van der Waals surface area contributed by atoms with Crippen LogP contribution < -0.4 is 16.4 Å². The third-order valence-corrected chi connectivity index (χ3v) is 2.36. The molecule has 3 amide bonds. The minimum atomic E-state index is -0.442. The number of primary amides is 1. The number of rotatable bonds is 13. The van der Waals surface area contributed by atoms with Crippen molar-refractivity contribution in [1.29, 1.82) is 0 Å². The Bertz CT molecular complexity index is 323. The van der Waals surface area contributed by atoms with Crippen molar-refractivity contribution in [3.8, 4) is 0 Å². The molecule has 0 aromatic rings. The maximum atomic E-state index is 11.4. The van der Waals surface area contributed by atoms with Crippen LogP contribution in [0, 0.1) is 0 Å². The highest BCUT2D eigenvalue weighted by molar-refractivity contribution is 5.76. The van der Waals surface area contributed by atoms with Gasteiger partial charge in [0.15, 0.2) is 0 Å². The molecular weight excluding hydrogens is 278 g/mol. The van der Waals surface area contributed by atoms with E-state index in [9.17, 15) is 14.4 Å². The lowest BCUT2D eigenvalue weighted by atomic mass is 10.3. The molecule has 0 heterocycles. The van der Waals surface area contributed by atoms with E-state index >= 15 is 0 Å². The first-order valence-electron chi connectivity index (χ1n) is 6.88. The van der Waals surface area contributed by atoms with Gasteiger partial charge in [-0.15, -0.1) is 0 Å². The van der Waals surface area contributed by atoms with Gasteiger partial charge in [0.25, 0.3) is 0 Å². The van der Waals surface area contributed by atoms with Crippen molar-refractivity contribution in [2.75, 3.05) is 26.4 Å². The smallest absolute Gasteiger partial charge is 0.222 e. The van der Waals surface area contributed by atoms with Crippen LogP contribution in [0.1, 0.15) is 26.7 Å². The maximum Gasteiger partial charge on any atom is 0.222 e. The van der Waals surface area contributed by atoms with Crippen molar-refractivity contribution in [3.63, 3.8) is 0 Å². The Balaban J connectivity index is 3.75. The summed E-state index contributed by atoms with van der Waals surface area (Å²) in [7, 11) is 0. The molecule has 8 heteroatoms. The average Bonchev–Trinajstić information content (AvgIpc) is 2.38. The molecule has 0 aromatic heterocycles. The molecular formula is C13H25N3O5. The highest BCUT2D eigenvalue weighted by atomic mass is 16.5. The summed E-state index contributed by atoms with van der Waals surface area (Å²) in [6.07, 6.45) is 0.940. The second-order valence-electron chi connectivity index (χ2n) is 4.82. The van der Waals surface area contributed by atoms with Crippen LogP contribution >= 0.6 is 0 Å². The van der Waals surface area contributed by atoms with Crippen LogP contribution in [0.3, 0.4) is 0 Å². The van der Waals surface area contributed by atoms with E-state index in [-0.39, 0.29) is 57.3 Å². The van der Waals surface area contributed by atoms with Crippen molar-refractivity contribution in [1.82, 2.24) is 10.6 Å². The summed E-state index contributed by atoms with van der Waals surface area (Å²) < 4.78 is 10.5. The molecule has 8 nitrogen and oxygen atoms in total. The van der Waals surface area contributed by atoms with E-state index in [0.29, 0.717) is 6.41 Å². The minimum Gasteiger partial charge on any atom is -0.379 e. The second kappa shape index (κ2) is 12.1. The molecule has 4 N–H and O–H groups in total. The zero-order valence-electron chi connectivity index (χ0n) is 12.6. The van der Waals surface area contributed by atoms with E-state index in [1.54, 1.807) is 0 Å². The Morgan fingerprint density at radius 1 is 1.14 bits per heavy atom. The van der Waals surface area contributed by atoms with Crippen molar-refractivity contribution in [2.24, 2.45) is 5.73 Å². The first-order valence-corrected chi connectivity index (χ1v) is 6.88. The lowest BCUT2D eigenvalue weighted by Crippen LogP contribution is -2.37. The van der Waals surface area contributed by atoms with Crippen molar-refractivity contribution >= 4 is 18.2 Å². The predicted octanol–water partition coefficient (Wildman–Crippen LogP) is -1.08. The van der Waals surface area contributed by atoms with Crippen molar-refractivity contribution < 1.29 is 23.9 Å². The molecule has 0 bridgehead atoms. The van der Waals surface area contributed by atoms with Gasteiger partial charge in [0.1, 0.15) is 0 Å². The van der Waals surface area contributed by atoms with Crippen LogP contribution in [0.4, 0.5) is 0 Å². The van der Waals surface area contributed by atoms with E-state index in [0.717, 1.165) is 0 Å². The van der Waals surface area contributed by atoms with E-state index in [2.05, 4.69) is 10.6 Å². The standard InChI is InChI=1S/C13H25N3O5/c1-10(2)16-13(19)4-6-21-8-11(15-9-17)7-20-5-3-12(14)18/h9-11H,3-8H2,1-2H3,(H2,14,18)(H,15,17)(H,16,19). The zero-order valence-corrected chi connectivity index (χ0v) is 12.6.